The van der Waals surface area contributed by atoms with E-state index in [0.29, 0.717) is 6.04 Å². The summed E-state index contributed by atoms with van der Waals surface area (Å²) in [6.07, 6.45) is -2.36. The van der Waals surface area contributed by atoms with Gasteiger partial charge in [-0.15, -0.1) is 0 Å². The molecule has 0 spiro atoms. The van der Waals surface area contributed by atoms with E-state index in [1.807, 2.05) is 19.2 Å². The number of benzene rings is 1. The van der Waals surface area contributed by atoms with Crippen LogP contribution in [-0.4, -0.2) is 33.0 Å². The summed E-state index contributed by atoms with van der Waals surface area (Å²) in [5, 5.41) is 3.24. The summed E-state index contributed by atoms with van der Waals surface area (Å²) in [7, 11) is 1.91. The molecule has 0 aliphatic heterocycles. The predicted molar refractivity (Wildman–Crippen MR) is 68.9 cm³/mol. The average molecular weight is 289 g/mol. The molecular formula is C14H18F3NO2. The van der Waals surface area contributed by atoms with E-state index in [1.165, 1.54) is 5.56 Å². The highest BCUT2D eigenvalue weighted by Crippen LogP contribution is 2.36. The summed E-state index contributed by atoms with van der Waals surface area (Å²) in [6, 6.07) is 6.13. The Hall–Kier alpha value is -1.27. The van der Waals surface area contributed by atoms with Crippen molar-refractivity contribution < 1.29 is 22.6 Å². The average Bonchev–Trinajstić information content (AvgIpc) is 2.80. The van der Waals surface area contributed by atoms with Crippen molar-refractivity contribution in [1.82, 2.24) is 5.32 Å². The van der Waals surface area contributed by atoms with Crippen LogP contribution in [0.1, 0.15) is 23.6 Å². The third-order valence-corrected chi connectivity index (χ3v) is 3.33. The zero-order chi connectivity index (χ0) is 14.6. The molecule has 0 saturated carbocycles. The molecule has 20 heavy (non-hydrogen) atoms. The fourth-order valence-electron chi connectivity index (χ4n) is 2.45. The van der Waals surface area contributed by atoms with Crippen LogP contribution < -0.4 is 10.1 Å². The molecule has 0 fully saturated rings. The summed E-state index contributed by atoms with van der Waals surface area (Å²) in [4.78, 5) is 0. The molecule has 3 nitrogen and oxygen atoms in total. The fraction of sp³-hybridized carbons (Fsp3) is 0.571. The summed E-state index contributed by atoms with van der Waals surface area (Å²) >= 11 is 0. The van der Waals surface area contributed by atoms with Crippen LogP contribution >= 0.6 is 0 Å². The molecule has 0 heterocycles. The van der Waals surface area contributed by atoms with Crippen LogP contribution in [0, 0.1) is 0 Å². The Morgan fingerprint density at radius 2 is 2.10 bits per heavy atom. The lowest BCUT2D eigenvalue weighted by Crippen LogP contribution is -2.19. The second-order valence-corrected chi connectivity index (χ2v) is 4.72. The standard InChI is InChI=1S/C14H18F3NO2/c1-18-12-6-5-11-10(12)3-2-4-13(11)20-8-7-19-9-14(15,16)17/h2-4,12,18H,5-9H2,1H3. The van der Waals surface area contributed by atoms with E-state index >= 15 is 0 Å². The van der Waals surface area contributed by atoms with Crippen LogP contribution in [0.3, 0.4) is 0 Å². The number of hydrogen-bond donors (Lipinski definition) is 1. The third kappa shape index (κ3) is 3.86. The zero-order valence-corrected chi connectivity index (χ0v) is 11.3. The van der Waals surface area contributed by atoms with Gasteiger partial charge in [0.2, 0.25) is 0 Å². The number of rotatable bonds is 6. The van der Waals surface area contributed by atoms with Crippen LogP contribution in [0.15, 0.2) is 18.2 Å². The lowest BCUT2D eigenvalue weighted by molar-refractivity contribution is -0.175. The van der Waals surface area contributed by atoms with E-state index in [1.54, 1.807) is 0 Å². The Morgan fingerprint density at radius 3 is 2.80 bits per heavy atom. The van der Waals surface area contributed by atoms with Crippen molar-refractivity contribution in [3.05, 3.63) is 29.3 Å². The molecular weight excluding hydrogens is 271 g/mol. The highest BCUT2D eigenvalue weighted by atomic mass is 19.4. The van der Waals surface area contributed by atoms with Gasteiger partial charge in [-0.25, -0.2) is 0 Å². The van der Waals surface area contributed by atoms with Crippen molar-refractivity contribution >= 4 is 0 Å². The van der Waals surface area contributed by atoms with Crippen LogP contribution in [0.25, 0.3) is 0 Å². The highest BCUT2D eigenvalue weighted by molar-refractivity contribution is 5.45. The number of fused-ring (bicyclic) bond motifs is 1. The van der Waals surface area contributed by atoms with Gasteiger partial charge in [-0.1, -0.05) is 12.1 Å². The molecule has 0 saturated heterocycles. The first-order valence-corrected chi connectivity index (χ1v) is 6.57. The molecule has 112 valence electrons. The molecule has 1 aromatic carbocycles. The van der Waals surface area contributed by atoms with Crippen molar-refractivity contribution in [3.8, 4) is 5.75 Å². The van der Waals surface area contributed by atoms with Gasteiger partial charge in [0.15, 0.2) is 0 Å². The molecule has 0 bridgehead atoms. The normalized spacial score (nSPS) is 18.1. The highest BCUT2D eigenvalue weighted by Gasteiger charge is 2.27. The summed E-state index contributed by atoms with van der Waals surface area (Å²) in [5.74, 6) is 0.746. The van der Waals surface area contributed by atoms with Crippen molar-refractivity contribution in [2.45, 2.75) is 25.1 Å². The second-order valence-electron chi connectivity index (χ2n) is 4.72. The van der Waals surface area contributed by atoms with Gasteiger partial charge >= 0.3 is 6.18 Å². The maximum atomic E-state index is 11.9. The molecule has 0 aromatic heterocycles. The van der Waals surface area contributed by atoms with Gasteiger partial charge in [-0.2, -0.15) is 13.2 Å². The third-order valence-electron chi connectivity index (χ3n) is 3.33. The Morgan fingerprint density at radius 1 is 1.30 bits per heavy atom. The lowest BCUT2D eigenvalue weighted by atomic mass is 10.1. The second kappa shape index (κ2) is 6.45. The number of ether oxygens (including phenoxy) is 2. The maximum Gasteiger partial charge on any atom is 0.411 e. The molecule has 1 aliphatic carbocycles. The molecule has 6 heteroatoms. The van der Waals surface area contributed by atoms with Gasteiger partial charge in [-0.3, -0.25) is 0 Å². The summed E-state index contributed by atoms with van der Waals surface area (Å²) in [5.41, 5.74) is 2.35. The van der Waals surface area contributed by atoms with Crippen LogP contribution in [0.2, 0.25) is 0 Å². The van der Waals surface area contributed by atoms with E-state index in [0.717, 1.165) is 24.2 Å². The minimum Gasteiger partial charge on any atom is -0.491 e. The number of hydrogen-bond acceptors (Lipinski definition) is 3. The molecule has 1 unspecified atom stereocenters. The van der Waals surface area contributed by atoms with Crippen LogP contribution in [-0.2, 0) is 11.2 Å². The Labute approximate surface area is 116 Å². The van der Waals surface area contributed by atoms with Gasteiger partial charge < -0.3 is 14.8 Å². The first-order chi connectivity index (χ1) is 9.51. The van der Waals surface area contributed by atoms with Gasteiger partial charge in [0.05, 0.1) is 6.61 Å². The predicted octanol–water partition coefficient (Wildman–Crippen LogP) is 2.85. The Bertz CT molecular complexity index is 449. The molecule has 1 atom stereocenters. The van der Waals surface area contributed by atoms with Gasteiger partial charge in [0, 0.05) is 6.04 Å². The fourth-order valence-corrected chi connectivity index (χ4v) is 2.45. The van der Waals surface area contributed by atoms with Crippen LogP contribution in [0.5, 0.6) is 5.75 Å². The van der Waals surface area contributed by atoms with E-state index in [2.05, 4.69) is 16.1 Å². The molecule has 1 aromatic rings. The first kappa shape index (κ1) is 15.1. The monoisotopic (exact) mass is 289 g/mol. The van der Waals surface area contributed by atoms with Gasteiger partial charge in [-0.05, 0) is 37.1 Å². The maximum absolute atomic E-state index is 11.9. The SMILES string of the molecule is CNC1CCc2c(OCCOCC(F)(F)F)cccc21. The molecule has 1 aliphatic rings. The van der Waals surface area contributed by atoms with Crippen molar-refractivity contribution in [3.63, 3.8) is 0 Å². The van der Waals surface area contributed by atoms with Crippen LogP contribution in [0.4, 0.5) is 13.2 Å². The number of halogens is 3. The topological polar surface area (TPSA) is 30.5 Å². The number of nitrogens with one attached hydrogen (secondary N) is 1. The summed E-state index contributed by atoms with van der Waals surface area (Å²) < 4.78 is 45.7. The van der Waals surface area contributed by atoms with E-state index in [4.69, 9.17) is 4.74 Å². The largest absolute Gasteiger partial charge is 0.491 e. The molecule has 0 radical (unpaired) electrons. The van der Waals surface area contributed by atoms with E-state index < -0.39 is 12.8 Å². The minimum absolute atomic E-state index is 0.0708. The van der Waals surface area contributed by atoms with E-state index in [-0.39, 0.29) is 13.2 Å². The number of alkyl halides is 3. The quantitative estimate of drug-likeness (QED) is 0.817. The van der Waals surface area contributed by atoms with Crippen molar-refractivity contribution in [2.75, 3.05) is 26.9 Å². The molecule has 1 N–H and O–H groups in total. The smallest absolute Gasteiger partial charge is 0.411 e. The van der Waals surface area contributed by atoms with E-state index in [9.17, 15) is 13.2 Å². The minimum atomic E-state index is -4.28. The molecule has 2 rings (SSSR count). The van der Waals surface area contributed by atoms with Gasteiger partial charge in [0.1, 0.15) is 19.0 Å². The first-order valence-electron chi connectivity index (χ1n) is 6.57. The lowest BCUT2D eigenvalue weighted by Gasteiger charge is -2.13. The Kier molecular flexibility index (Phi) is 4.88. The van der Waals surface area contributed by atoms with Crippen molar-refractivity contribution in [1.29, 1.82) is 0 Å². The molecule has 0 amide bonds. The Balaban J connectivity index is 1.84. The van der Waals surface area contributed by atoms with Crippen molar-refractivity contribution in [2.24, 2.45) is 0 Å². The summed E-state index contributed by atoms with van der Waals surface area (Å²) in [6.45, 7) is -1.18. The van der Waals surface area contributed by atoms with Gasteiger partial charge in [0.25, 0.3) is 0 Å². The zero-order valence-electron chi connectivity index (χ0n) is 11.3.